The van der Waals surface area contributed by atoms with Crippen LogP contribution in [0.1, 0.15) is 222 Å². The van der Waals surface area contributed by atoms with E-state index in [9.17, 15) is 39.4 Å². The average Bonchev–Trinajstić information content (AvgIpc) is 1.26. The molecule has 2 heterocycles. The second kappa shape index (κ2) is 35.3. The number of H-pyrrole nitrogens is 2. The molecule has 12 aromatic carbocycles. The molecule has 8 N–H and O–H groups in total. The maximum Gasteiger partial charge on any atom is 0.130 e. The van der Waals surface area contributed by atoms with Gasteiger partial charge < -0.3 is 30.6 Å². The predicted molar refractivity (Wildman–Crippen MR) is 470 cm³/mol. The van der Waals surface area contributed by atoms with Crippen LogP contribution < -0.4 is 0 Å². The van der Waals surface area contributed by atoms with Crippen molar-refractivity contribution in [1.29, 1.82) is 0 Å². The van der Waals surface area contributed by atoms with E-state index >= 15 is 0 Å². The standard InChI is InChI=1S/4C14H16O.2C12H16N2.2C10H13FO/c2*1-14(2,3)13-9-11(15)8-10-6-4-5-7-12(10)13;2*1-14(2,3)13-11-7-5-4-6-10(11)8-9-12(13)15;2*1-8-5-6-10-9(7-13-14-10)11(8)12(2,3)4;2*1-10(2,3)9-7(11)5-4-6-8(9)12/h4*4-9,15H,1-3H3;2*5-7H,1-4H3,(H,13,14);2*4-6,12H,1-3H3. The Hall–Kier alpha value is -10.7. The summed E-state index contributed by atoms with van der Waals surface area (Å²) in [7, 11) is 0. The molecule has 0 unspecified atom stereocenters. The molecule has 14 aromatic rings. The zero-order chi connectivity index (χ0) is 83.6. The molecule has 0 bridgehead atoms. The number of aromatic hydroxyl groups is 6. The summed E-state index contributed by atoms with van der Waals surface area (Å²) in [5.41, 5.74) is 12.6. The molecule has 0 saturated carbocycles. The molecule has 0 spiro atoms. The number of phenolic OH excluding ortho intramolecular Hbond substituents is 6. The summed E-state index contributed by atoms with van der Waals surface area (Å²) in [6, 6.07) is 64.7. The van der Waals surface area contributed by atoms with E-state index in [4.69, 9.17) is 0 Å². The summed E-state index contributed by atoms with van der Waals surface area (Å²) < 4.78 is 26.4. The van der Waals surface area contributed by atoms with Crippen LogP contribution in [0.2, 0.25) is 0 Å². The largest absolute Gasteiger partial charge is 0.508 e. The minimum absolute atomic E-state index is 0.0301. The van der Waals surface area contributed by atoms with Crippen molar-refractivity contribution in [2.24, 2.45) is 0 Å². The van der Waals surface area contributed by atoms with Crippen molar-refractivity contribution in [2.45, 2.75) is 223 Å². The van der Waals surface area contributed by atoms with E-state index < -0.39 is 0 Å². The average molecular weight is 1510 g/mol. The molecule has 10 nitrogen and oxygen atoms in total. The van der Waals surface area contributed by atoms with Crippen LogP contribution in [0.15, 0.2) is 219 Å². The molecule has 112 heavy (non-hydrogen) atoms. The zero-order valence-corrected chi connectivity index (χ0v) is 71.1. The normalized spacial score (nSPS) is 12.0. The lowest BCUT2D eigenvalue weighted by Gasteiger charge is -2.22. The van der Waals surface area contributed by atoms with Gasteiger partial charge in [0.25, 0.3) is 0 Å². The van der Waals surface area contributed by atoms with Gasteiger partial charge in [-0.1, -0.05) is 300 Å². The summed E-state index contributed by atoms with van der Waals surface area (Å²) in [4.78, 5) is 0. The van der Waals surface area contributed by atoms with Crippen LogP contribution in [0.5, 0.6) is 34.5 Å². The Kier molecular flexibility index (Phi) is 27.9. The van der Waals surface area contributed by atoms with Crippen molar-refractivity contribution >= 4 is 64.9 Å². The smallest absolute Gasteiger partial charge is 0.130 e. The van der Waals surface area contributed by atoms with Crippen molar-refractivity contribution in [2.75, 3.05) is 0 Å². The van der Waals surface area contributed by atoms with Crippen LogP contribution in [0, 0.1) is 25.5 Å². The monoisotopic (exact) mass is 1510 g/mol. The summed E-state index contributed by atoms with van der Waals surface area (Å²) in [6.07, 6.45) is 3.84. The number of hydrogen-bond donors (Lipinski definition) is 8. The van der Waals surface area contributed by atoms with Crippen LogP contribution in [-0.4, -0.2) is 51.0 Å². The first kappa shape index (κ1) is 88.5. The Morgan fingerprint density at radius 1 is 0.250 bits per heavy atom. The number of fused-ring (bicyclic) bond motifs is 6. The molecular formula is C100H122F2N4O6. The lowest BCUT2D eigenvalue weighted by atomic mass is 9.82. The number of hydrogen-bond acceptors (Lipinski definition) is 8. The SMILES string of the molecule is CC(C)(C)c1c(O)ccc2ccccc12.CC(C)(C)c1c(O)ccc2ccccc12.CC(C)(C)c1c(O)cccc1F.CC(C)(C)c1c(O)cccc1F.CC(C)(C)c1cc(O)cc2ccccc12.CC(C)(C)c1cc(O)cc2ccccc12.Cc1ccc2[nH]ncc2c1C(C)(C)C.Cc1ccc2[nH]ncc2c1C(C)(C)C. The second-order valence-electron chi connectivity index (χ2n) is 37.2. The highest BCUT2D eigenvalue weighted by molar-refractivity contribution is 5.92. The quantitative estimate of drug-likeness (QED) is 0.0739. The van der Waals surface area contributed by atoms with Crippen LogP contribution >= 0.6 is 0 Å². The number of aryl methyl sites for hydroxylation is 2. The van der Waals surface area contributed by atoms with Gasteiger partial charge >= 0.3 is 0 Å². The molecule has 2 aromatic heterocycles. The zero-order valence-electron chi connectivity index (χ0n) is 71.1. The fraction of sp³-hybridized carbons (Fsp3) is 0.340. The van der Waals surface area contributed by atoms with Gasteiger partial charge in [-0.3, -0.25) is 10.2 Å². The third-order valence-corrected chi connectivity index (χ3v) is 19.3. The number of benzene rings is 12. The Balaban J connectivity index is 0.000000178. The summed E-state index contributed by atoms with van der Waals surface area (Å²) >= 11 is 0. The first-order valence-electron chi connectivity index (χ1n) is 38.5. The van der Waals surface area contributed by atoms with Crippen LogP contribution in [0.4, 0.5) is 8.78 Å². The number of nitrogens with one attached hydrogen (secondary N) is 2. The maximum absolute atomic E-state index is 13.2. The van der Waals surface area contributed by atoms with Crippen LogP contribution in [-0.2, 0) is 43.3 Å². The summed E-state index contributed by atoms with van der Waals surface area (Å²) in [6.45, 7) is 54.6. The summed E-state index contributed by atoms with van der Waals surface area (Å²) in [5, 5.41) is 84.0. The lowest BCUT2D eigenvalue weighted by molar-refractivity contribution is 0.428. The Morgan fingerprint density at radius 3 is 0.804 bits per heavy atom. The molecule has 0 radical (unpaired) electrons. The van der Waals surface area contributed by atoms with E-state index in [1.54, 1.807) is 12.1 Å². The van der Waals surface area contributed by atoms with Gasteiger partial charge in [0.1, 0.15) is 46.1 Å². The summed E-state index contributed by atoms with van der Waals surface area (Å²) in [5.74, 6) is 0.842. The van der Waals surface area contributed by atoms with Crippen LogP contribution in [0.25, 0.3) is 64.9 Å². The molecule has 12 heteroatoms. The highest BCUT2D eigenvalue weighted by Gasteiger charge is 2.27. The molecule has 0 saturated heterocycles. The number of rotatable bonds is 0. The Bertz CT molecular complexity index is 5130. The second-order valence-corrected chi connectivity index (χ2v) is 37.2. The Morgan fingerprint density at radius 2 is 0.527 bits per heavy atom. The number of halogens is 2. The maximum atomic E-state index is 13.2. The number of aromatic amines is 2. The van der Waals surface area contributed by atoms with Crippen LogP contribution in [0.3, 0.4) is 0 Å². The van der Waals surface area contributed by atoms with Gasteiger partial charge in [-0.05, 0) is 206 Å². The minimum Gasteiger partial charge on any atom is -0.508 e. The van der Waals surface area contributed by atoms with Crippen molar-refractivity contribution < 1.29 is 39.4 Å². The van der Waals surface area contributed by atoms with Gasteiger partial charge in [-0.2, -0.15) is 10.2 Å². The number of nitrogens with zero attached hydrogens (tertiary/aromatic N) is 2. The number of aromatic nitrogens is 4. The minimum atomic E-state index is -0.352. The van der Waals surface area contributed by atoms with E-state index in [0.29, 0.717) is 34.1 Å². The van der Waals surface area contributed by atoms with E-state index in [1.807, 2.05) is 151 Å². The molecule has 0 atom stereocenters. The molecule has 0 fully saturated rings. The van der Waals surface area contributed by atoms with Crippen molar-refractivity contribution in [3.63, 3.8) is 0 Å². The van der Waals surface area contributed by atoms with Gasteiger partial charge in [0.2, 0.25) is 0 Å². The molecule has 0 aliphatic heterocycles. The van der Waals surface area contributed by atoms with Gasteiger partial charge in [-0.25, -0.2) is 8.78 Å². The molecule has 0 aliphatic rings. The molecule has 14 rings (SSSR count). The van der Waals surface area contributed by atoms with E-state index in [0.717, 1.165) is 43.7 Å². The Labute approximate surface area is 664 Å². The van der Waals surface area contributed by atoms with Gasteiger partial charge in [0, 0.05) is 33.0 Å². The molecular weight excluding hydrogens is 1390 g/mol. The molecule has 0 amide bonds. The highest BCUT2D eigenvalue weighted by atomic mass is 19.1. The molecule has 592 valence electrons. The third-order valence-electron chi connectivity index (χ3n) is 19.3. The van der Waals surface area contributed by atoms with Crippen molar-refractivity contribution in [3.05, 3.63) is 286 Å². The van der Waals surface area contributed by atoms with E-state index in [-0.39, 0.29) is 66.5 Å². The first-order valence-corrected chi connectivity index (χ1v) is 38.5. The fourth-order valence-corrected chi connectivity index (χ4v) is 14.7. The lowest BCUT2D eigenvalue weighted by Crippen LogP contribution is -2.13. The number of phenols is 6. The van der Waals surface area contributed by atoms with Crippen molar-refractivity contribution in [1.82, 2.24) is 20.4 Å². The van der Waals surface area contributed by atoms with Crippen molar-refractivity contribution in [3.8, 4) is 34.5 Å². The van der Waals surface area contributed by atoms with Gasteiger partial charge in [0.15, 0.2) is 0 Å². The molecule has 0 aliphatic carbocycles. The van der Waals surface area contributed by atoms with Gasteiger partial charge in [0.05, 0.1) is 23.4 Å². The third kappa shape index (κ3) is 22.8. The van der Waals surface area contributed by atoms with Gasteiger partial charge in [-0.15, -0.1) is 0 Å². The predicted octanol–water partition coefficient (Wildman–Crippen LogP) is 27.4. The highest BCUT2D eigenvalue weighted by Crippen LogP contribution is 2.42. The van der Waals surface area contributed by atoms with E-state index in [2.05, 4.69) is 220 Å². The topological polar surface area (TPSA) is 179 Å². The first-order chi connectivity index (χ1) is 51.8. The fourth-order valence-electron chi connectivity index (χ4n) is 14.7. The van der Waals surface area contributed by atoms with E-state index in [1.165, 1.54) is 102 Å².